The van der Waals surface area contributed by atoms with Gasteiger partial charge in [-0.2, -0.15) is 5.10 Å². The second kappa shape index (κ2) is 4.71. The van der Waals surface area contributed by atoms with Crippen LogP contribution in [-0.2, 0) is 6.54 Å². The second-order valence-electron chi connectivity index (χ2n) is 3.74. The molecule has 0 spiro atoms. The average molecular weight is 295 g/mol. The van der Waals surface area contributed by atoms with Crippen molar-refractivity contribution < 1.29 is 9.90 Å². The molecule has 5 heteroatoms. The summed E-state index contributed by atoms with van der Waals surface area (Å²) >= 11 is 3.25. The first kappa shape index (κ1) is 11.9. The lowest BCUT2D eigenvalue weighted by Gasteiger charge is -2.06. The van der Waals surface area contributed by atoms with E-state index < -0.39 is 5.97 Å². The van der Waals surface area contributed by atoms with Gasteiger partial charge < -0.3 is 5.11 Å². The fourth-order valence-corrected chi connectivity index (χ4v) is 2.06. The monoisotopic (exact) mass is 294 g/mol. The van der Waals surface area contributed by atoms with E-state index in [4.69, 9.17) is 5.11 Å². The molecular formula is C12H11BrN2O2. The highest BCUT2D eigenvalue weighted by molar-refractivity contribution is 9.10. The number of hydrogen-bond donors (Lipinski definition) is 1. The third-order valence-corrected chi connectivity index (χ3v) is 3.42. The Bertz CT molecular complexity index is 563. The predicted molar refractivity (Wildman–Crippen MR) is 67.2 cm³/mol. The molecule has 2 rings (SSSR count). The Morgan fingerprint density at radius 1 is 1.47 bits per heavy atom. The molecule has 88 valence electrons. The Balaban J connectivity index is 2.31. The number of hydrogen-bond acceptors (Lipinski definition) is 2. The molecule has 1 N–H and O–H groups in total. The Hall–Kier alpha value is -1.62. The first-order valence-electron chi connectivity index (χ1n) is 5.08. The van der Waals surface area contributed by atoms with Gasteiger partial charge in [-0.05, 0) is 34.0 Å². The molecule has 2 aromatic rings. The number of carbonyl (C=O) groups is 1. The molecule has 0 radical (unpaired) electrons. The van der Waals surface area contributed by atoms with E-state index in [1.807, 2.05) is 31.2 Å². The van der Waals surface area contributed by atoms with E-state index in [0.717, 1.165) is 11.1 Å². The molecule has 1 heterocycles. The van der Waals surface area contributed by atoms with E-state index in [-0.39, 0.29) is 5.56 Å². The Labute approximate surface area is 107 Å². The number of benzene rings is 1. The molecule has 17 heavy (non-hydrogen) atoms. The lowest BCUT2D eigenvalue weighted by atomic mass is 10.1. The van der Waals surface area contributed by atoms with Gasteiger partial charge in [-0.15, -0.1) is 0 Å². The minimum Gasteiger partial charge on any atom is -0.478 e. The third-order valence-electron chi connectivity index (χ3n) is 2.59. The highest BCUT2D eigenvalue weighted by atomic mass is 79.9. The van der Waals surface area contributed by atoms with Crippen molar-refractivity contribution >= 4 is 21.9 Å². The number of carboxylic acid groups (broad SMARTS) is 1. The van der Waals surface area contributed by atoms with Gasteiger partial charge in [0.05, 0.1) is 12.7 Å². The number of aromatic nitrogens is 2. The number of halogens is 1. The first-order chi connectivity index (χ1) is 8.09. The van der Waals surface area contributed by atoms with Crippen LogP contribution >= 0.6 is 15.9 Å². The molecule has 0 aliphatic rings. The quantitative estimate of drug-likeness (QED) is 0.947. The van der Waals surface area contributed by atoms with Crippen LogP contribution in [0.1, 0.15) is 21.5 Å². The molecule has 0 saturated heterocycles. The van der Waals surface area contributed by atoms with E-state index in [9.17, 15) is 4.79 Å². The Kier molecular flexibility index (Phi) is 3.28. The zero-order valence-corrected chi connectivity index (χ0v) is 10.8. The molecule has 0 aliphatic carbocycles. The third kappa shape index (κ3) is 2.39. The van der Waals surface area contributed by atoms with Crippen molar-refractivity contribution in [3.63, 3.8) is 0 Å². The molecule has 0 fully saturated rings. The minimum atomic E-state index is -0.979. The van der Waals surface area contributed by atoms with E-state index in [1.165, 1.54) is 6.20 Å². The smallest absolute Gasteiger partial charge is 0.340 e. The highest BCUT2D eigenvalue weighted by Crippen LogP contribution is 2.18. The van der Waals surface area contributed by atoms with Gasteiger partial charge in [0.15, 0.2) is 0 Å². The van der Waals surface area contributed by atoms with Crippen LogP contribution in [0.2, 0.25) is 0 Å². The first-order valence-corrected chi connectivity index (χ1v) is 5.88. The SMILES string of the molecule is Cc1ccccc1Cn1ncc(C(=O)O)c1Br. The minimum absolute atomic E-state index is 0.179. The number of aryl methyl sites for hydroxylation is 1. The second-order valence-corrected chi connectivity index (χ2v) is 4.49. The predicted octanol–water partition coefficient (Wildman–Crippen LogP) is 2.70. The van der Waals surface area contributed by atoms with Crippen molar-refractivity contribution in [2.45, 2.75) is 13.5 Å². The van der Waals surface area contributed by atoms with Crippen molar-refractivity contribution in [1.29, 1.82) is 0 Å². The normalized spacial score (nSPS) is 10.5. The fraction of sp³-hybridized carbons (Fsp3) is 0.167. The van der Waals surface area contributed by atoms with Crippen LogP contribution in [0, 0.1) is 6.92 Å². The number of nitrogens with zero attached hydrogens (tertiary/aromatic N) is 2. The van der Waals surface area contributed by atoms with Crippen molar-refractivity contribution in [2.75, 3.05) is 0 Å². The molecular weight excluding hydrogens is 284 g/mol. The molecule has 1 aromatic heterocycles. The summed E-state index contributed by atoms with van der Waals surface area (Å²) in [7, 11) is 0. The number of aromatic carboxylic acids is 1. The summed E-state index contributed by atoms with van der Waals surface area (Å²) in [6, 6.07) is 7.95. The van der Waals surface area contributed by atoms with E-state index >= 15 is 0 Å². The Morgan fingerprint density at radius 2 is 2.18 bits per heavy atom. The van der Waals surface area contributed by atoms with Gasteiger partial charge in [-0.3, -0.25) is 4.68 Å². The van der Waals surface area contributed by atoms with Gasteiger partial charge in [0, 0.05) is 0 Å². The lowest BCUT2D eigenvalue weighted by Crippen LogP contribution is -2.04. The zero-order chi connectivity index (χ0) is 12.4. The highest BCUT2D eigenvalue weighted by Gasteiger charge is 2.14. The average Bonchev–Trinajstić information content (AvgIpc) is 2.64. The van der Waals surface area contributed by atoms with E-state index in [2.05, 4.69) is 21.0 Å². The summed E-state index contributed by atoms with van der Waals surface area (Å²) in [6.45, 7) is 2.57. The van der Waals surface area contributed by atoms with Gasteiger partial charge in [-0.25, -0.2) is 4.79 Å². The van der Waals surface area contributed by atoms with Gasteiger partial charge in [0.1, 0.15) is 10.2 Å². The van der Waals surface area contributed by atoms with Crippen LogP contribution in [0.3, 0.4) is 0 Å². The lowest BCUT2D eigenvalue weighted by molar-refractivity contribution is 0.0695. The number of rotatable bonds is 3. The van der Waals surface area contributed by atoms with Crippen LogP contribution in [0.5, 0.6) is 0 Å². The van der Waals surface area contributed by atoms with Crippen molar-refractivity contribution in [3.05, 3.63) is 51.8 Å². The molecule has 0 bridgehead atoms. The van der Waals surface area contributed by atoms with Crippen LogP contribution in [0.15, 0.2) is 35.1 Å². The summed E-state index contributed by atoms with van der Waals surface area (Å²) in [5.74, 6) is -0.979. The molecule has 0 amide bonds. The summed E-state index contributed by atoms with van der Waals surface area (Å²) < 4.78 is 2.12. The van der Waals surface area contributed by atoms with E-state index in [0.29, 0.717) is 11.1 Å². The fourth-order valence-electron chi connectivity index (χ4n) is 1.57. The summed E-state index contributed by atoms with van der Waals surface area (Å²) in [6.07, 6.45) is 1.35. The van der Waals surface area contributed by atoms with Crippen LogP contribution in [0.25, 0.3) is 0 Å². The van der Waals surface area contributed by atoms with Gasteiger partial charge in [0.25, 0.3) is 0 Å². The largest absolute Gasteiger partial charge is 0.478 e. The maximum absolute atomic E-state index is 10.9. The molecule has 4 nitrogen and oxygen atoms in total. The van der Waals surface area contributed by atoms with Crippen LogP contribution in [-0.4, -0.2) is 20.9 Å². The van der Waals surface area contributed by atoms with Gasteiger partial charge in [-0.1, -0.05) is 24.3 Å². The Morgan fingerprint density at radius 3 is 2.76 bits per heavy atom. The summed E-state index contributed by atoms with van der Waals surface area (Å²) in [5, 5.41) is 13.0. The summed E-state index contributed by atoms with van der Waals surface area (Å²) in [4.78, 5) is 10.9. The molecule has 0 aliphatic heterocycles. The number of carboxylic acids is 1. The van der Waals surface area contributed by atoms with Crippen molar-refractivity contribution in [1.82, 2.24) is 9.78 Å². The van der Waals surface area contributed by atoms with Crippen molar-refractivity contribution in [3.8, 4) is 0 Å². The summed E-state index contributed by atoms with van der Waals surface area (Å²) in [5.41, 5.74) is 2.46. The van der Waals surface area contributed by atoms with Crippen LogP contribution in [0.4, 0.5) is 0 Å². The maximum Gasteiger partial charge on any atom is 0.340 e. The molecule has 0 saturated carbocycles. The zero-order valence-electron chi connectivity index (χ0n) is 9.22. The molecule has 1 aromatic carbocycles. The van der Waals surface area contributed by atoms with Gasteiger partial charge in [0.2, 0.25) is 0 Å². The van der Waals surface area contributed by atoms with E-state index in [1.54, 1.807) is 4.68 Å². The molecule has 0 unspecified atom stereocenters. The molecule has 0 atom stereocenters. The standard InChI is InChI=1S/C12H11BrN2O2/c1-8-4-2-3-5-9(8)7-15-11(13)10(6-14-15)12(16)17/h2-6H,7H2,1H3,(H,16,17). The topological polar surface area (TPSA) is 55.1 Å². The van der Waals surface area contributed by atoms with Gasteiger partial charge >= 0.3 is 5.97 Å². The van der Waals surface area contributed by atoms with Crippen LogP contribution < -0.4 is 0 Å². The van der Waals surface area contributed by atoms with Crippen molar-refractivity contribution in [2.24, 2.45) is 0 Å². The maximum atomic E-state index is 10.9.